The predicted octanol–water partition coefficient (Wildman–Crippen LogP) is 7.70. The van der Waals surface area contributed by atoms with Crippen LogP contribution in [-0.2, 0) is 0 Å². The lowest BCUT2D eigenvalue weighted by Gasteiger charge is -2.01. The highest BCUT2D eigenvalue weighted by Gasteiger charge is 2.16. The van der Waals surface area contributed by atoms with Gasteiger partial charge in [0.2, 0.25) is 0 Å². The zero-order valence-electron chi connectivity index (χ0n) is 11.7. The molecular weight excluding hydrogens is 426 g/mol. The van der Waals surface area contributed by atoms with Crippen molar-refractivity contribution in [3.63, 3.8) is 0 Å². The standard InChI is InChI=1S/C16H6Cl4N2S2/c17-7-1-3-9(11(19)5-7)13-21-15-16(23-13)22-14(24-15)10-4-2-8(18)6-12(10)20/h1-6H. The Morgan fingerprint density at radius 1 is 0.625 bits per heavy atom. The summed E-state index contributed by atoms with van der Waals surface area (Å²) in [5.74, 6) is 0. The number of rotatable bonds is 2. The van der Waals surface area contributed by atoms with Gasteiger partial charge in [-0.3, -0.25) is 0 Å². The average molecular weight is 432 g/mol. The molecule has 0 saturated heterocycles. The molecule has 0 saturated carbocycles. The minimum absolute atomic E-state index is 0.574. The summed E-state index contributed by atoms with van der Waals surface area (Å²) in [7, 11) is 0. The van der Waals surface area contributed by atoms with Crippen LogP contribution in [0.1, 0.15) is 0 Å². The first kappa shape index (κ1) is 16.6. The van der Waals surface area contributed by atoms with Gasteiger partial charge in [-0.1, -0.05) is 69.1 Å². The minimum Gasteiger partial charge on any atom is -0.223 e. The van der Waals surface area contributed by atoms with Gasteiger partial charge in [0.1, 0.15) is 10.0 Å². The van der Waals surface area contributed by atoms with E-state index in [0.29, 0.717) is 20.1 Å². The number of thiazole rings is 2. The summed E-state index contributed by atoms with van der Waals surface area (Å²) in [5, 5.41) is 3.98. The van der Waals surface area contributed by atoms with Gasteiger partial charge in [0.15, 0.2) is 9.66 Å². The predicted molar refractivity (Wildman–Crippen MR) is 106 cm³/mol. The van der Waals surface area contributed by atoms with Gasteiger partial charge in [-0.2, -0.15) is 0 Å². The highest BCUT2D eigenvalue weighted by molar-refractivity contribution is 7.29. The van der Waals surface area contributed by atoms with Gasteiger partial charge < -0.3 is 0 Å². The van der Waals surface area contributed by atoms with E-state index in [9.17, 15) is 0 Å². The van der Waals surface area contributed by atoms with Crippen molar-refractivity contribution in [1.29, 1.82) is 0 Å². The number of hydrogen-bond donors (Lipinski definition) is 0. The summed E-state index contributed by atoms with van der Waals surface area (Å²) in [4.78, 5) is 11.0. The second kappa shape index (κ2) is 6.45. The summed E-state index contributed by atoms with van der Waals surface area (Å²) in [6.45, 7) is 0. The summed E-state index contributed by atoms with van der Waals surface area (Å²) in [5.41, 5.74) is 1.70. The van der Waals surface area contributed by atoms with Crippen LogP contribution >= 0.6 is 69.1 Å². The van der Waals surface area contributed by atoms with E-state index in [4.69, 9.17) is 46.4 Å². The second-order valence-electron chi connectivity index (χ2n) is 4.90. The van der Waals surface area contributed by atoms with E-state index in [1.807, 2.05) is 12.1 Å². The molecule has 0 spiro atoms. The Morgan fingerprint density at radius 3 is 1.42 bits per heavy atom. The Hall–Kier alpha value is -0.880. The SMILES string of the molecule is Clc1ccc(-c2nc3sc(-c4ccc(Cl)cc4Cl)nc3s2)c(Cl)c1. The number of hydrogen-bond acceptors (Lipinski definition) is 4. The van der Waals surface area contributed by atoms with Crippen LogP contribution in [0.3, 0.4) is 0 Å². The van der Waals surface area contributed by atoms with Crippen LogP contribution in [0.5, 0.6) is 0 Å². The summed E-state index contributed by atoms with van der Waals surface area (Å²) in [6.07, 6.45) is 0. The lowest BCUT2D eigenvalue weighted by atomic mass is 10.2. The minimum atomic E-state index is 0.574. The van der Waals surface area contributed by atoms with Gasteiger partial charge in [0.25, 0.3) is 0 Å². The van der Waals surface area contributed by atoms with Crippen molar-refractivity contribution < 1.29 is 0 Å². The summed E-state index contributed by atoms with van der Waals surface area (Å²) in [6, 6.07) is 10.7. The maximum atomic E-state index is 6.26. The largest absolute Gasteiger partial charge is 0.223 e. The maximum absolute atomic E-state index is 6.26. The topological polar surface area (TPSA) is 25.8 Å². The molecule has 0 radical (unpaired) electrons. The molecule has 0 unspecified atom stereocenters. The second-order valence-corrected chi connectivity index (χ2v) is 8.54. The van der Waals surface area contributed by atoms with E-state index in [2.05, 4.69) is 9.97 Å². The first-order valence-corrected chi connectivity index (χ1v) is 9.84. The van der Waals surface area contributed by atoms with Gasteiger partial charge in [0, 0.05) is 21.2 Å². The van der Waals surface area contributed by atoms with E-state index in [-0.39, 0.29) is 0 Å². The van der Waals surface area contributed by atoms with Crippen LogP contribution in [0.15, 0.2) is 36.4 Å². The van der Waals surface area contributed by atoms with Gasteiger partial charge in [-0.15, -0.1) is 0 Å². The van der Waals surface area contributed by atoms with Gasteiger partial charge in [-0.25, -0.2) is 9.97 Å². The zero-order valence-corrected chi connectivity index (χ0v) is 16.3. The quantitative estimate of drug-likeness (QED) is 0.324. The molecule has 0 bridgehead atoms. The molecule has 0 N–H and O–H groups in total. The van der Waals surface area contributed by atoms with Gasteiger partial charge in [0.05, 0.1) is 10.0 Å². The van der Waals surface area contributed by atoms with Crippen molar-refractivity contribution in [3.8, 4) is 21.1 Å². The molecule has 8 heteroatoms. The molecule has 0 aliphatic carbocycles. The van der Waals surface area contributed by atoms with E-state index < -0.39 is 0 Å². The van der Waals surface area contributed by atoms with Crippen molar-refractivity contribution in [2.45, 2.75) is 0 Å². The highest BCUT2D eigenvalue weighted by Crippen LogP contribution is 2.40. The first-order chi connectivity index (χ1) is 11.5. The van der Waals surface area contributed by atoms with Gasteiger partial charge >= 0.3 is 0 Å². The van der Waals surface area contributed by atoms with Crippen LogP contribution in [0.4, 0.5) is 0 Å². The van der Waals surface area contributed by atoms with Crippen molar-refractivity contribution in [2.24, 2.45) is 0 Å². The zero-order chi connectivity index (χ0) is 16.8. The van der Waals surface area contributed by atoms with E-state index in [1.54, 1.807) is 24.3 Å². The molecule has 0 fully saturated rings. The third-order valence-electron chi connectivity index (χ3n) is 3.30. The van der Waals surface area contributed by atoms with Crippen LogP contribution in [0.2, 0.25) is 20.1 Å². The number of nitrogens with zero attached hydrogens (tertiary/aromatic N) is 2. The Labute approximate surface area is 165 Å². The van der Waals surface area contributed by atoms with Gasteiger partial charge in [-0.05, 0) is 36.4 Å². The summed E-state index contributed by atoms with van der Waals surface area (Å²) < 4.78 is 0. The van der Waals surface area contributed by atoms with Crippen LogP contribution in [0, 0.1) is 0 Å². The average Bonchev–Trinajstić information content (AvgIpc) is 3.05. The molecule has 0 amide bonds. The Bertz CT molecular complexity index is 959. The first-order valence-electron chi connectivity index (χ1n) is 6.69. The van der Waals surface area contributed by atoms with Crippen LogP contribution < -0.4 is 0 Å². The lowest BCUT2D eigenvalue weighted by Crippen LogP contribution is -1.79. The number of benzene rings is 2. The Balaban J connectivity index is 1.78. The molecule has 120 valence electrons. The van der Waals surface area contributed by atoms with Crippen LogP contribution in [0.25, 0.3) is 30.8 Å². The fraction of sp³-hybridized carbons (Fsp3) is 0. The maximum Gasteiger partial charge on any atom is 0.155 e. The van der Waals surface area contributed by atoms with Crippen molar-refractivity contribution in [3.05, 3.63) is 56.5 Å². The van der Waals surface area contributed by atoms with Crippen LogP contribution in [-0.4, -0.2) is 9.97 Å². The molecule has 4 rings (SSSR count). The molecule has 0 aliphatic rings. The van der Waals surface area contributed by atoms with Crippen molar-refractivity contribution >= 4 is 78.7 Å². The molecule has 24 heavy (non-hydrogen) atoms. The monoisotopic (exact) mass is 430 g/mol. The molecule has 4 aromatic rings. The van der Waals surface area contributed by atoms with Crippen molar-refractivity contribution in [2.75, 3.05) is 0 Å². The fourth-order valence-corrected chi connectivity index (χ4v) is 5.43. The van der Waals surface area contributed by atoms with E-state index in [0.717, 1.165) is 30.8 Å². The molecular formula is C16H6Cl4N2S2. The molecule has 2 aromatic carbocycles. The number of halogens is 4. The number of fused-ring (bicyclic) bond motifs is 1. The molecule has 2 heterocycles. The molecule has 2 aromatic heterocycles. The fourth-order valence-electron chi connectivity index (χ4n) is 2.20. The number of aromatic nitrogens is 2. The van der Waals surface area contributed by atoms with Crippen molar-refractivity contribution in [1.82, 2.24) is 9.97 Å². The molecule has 2 nitrogen and oxygen atoms in total. The normalized spacial score (nSPS) is 11.3. The Morgan fingerprint density at radius 2 is 1.04 bits per heavy atom. The molecule has 0 aliphatic heterocycles. The van der Waals surface area contributed by atoms with E-state index >= 15 is 0 Å². The van der Waals surface area contributed by atoms with E-state index in [1.165, 1.54) is 22.7 Å². The summed E-state index contributed by atoms with van der Waals surface area (Å²) >= 11 is 27.4. The third-order valence-corrected chi connectivity index (χ3v) is 6.49. The smallest absolute Gasteiger partial charge is 0.155 e. The third kappa shape index (κ3) is 3.03. The molecule has 0 atom stereocenters. The lowest BCUT2D eigenvalue weighted by molar-refractivity contribution is 1.48. The highest BCUT2D eigenvalue weighted by atomic mass is 35.5. The Kier molecular flexibility index (Phi) is 4.45.